The Morgan fingerprint density at radius 1 is 0.650 bits per heavy atom. The van der Waals surface area contributed by atoms with Gasteiger partial charge in [-0.2, -0.15) is 0 Å². The molecular weight excluding hydrogens is 272 g/mol. The highest BCUT2D eigenvalue weighted by molar-refractivity contribution is 5.99. The van der Waals surface area contributed by atoms with Crippen LogP contribution >= 0.6 is 0 Å². The summed E-state index contributed by atoms with van der Waals surface area (Å²) in [6, 6.07) is 0. The van der Waals surface area contributed by atoms with E-state index in [1.165, 1.54) is 0 Å². The van der Waals surface area contributed by atoms with Crippen LogP contribution < -0.4 is 0 Å². The Morgan fingerprint density at radius 2 is 0.950 bits per heavy atom. The molecule has 0 bridgehead atoms. The maximum Gasteiger partial charge on any atom is 0.318 e. The zero-order valence-corrected chi connectivity index (χ0v) is 10.6. The first-order chi connectivity index (χ1) is 9.24. The molecule has 1 rings (SSSR count). The van der Waals surface area contributed by atoms with Crippen LogP contribution in [0.15, 0.2) is 0 Å². The van der Waals surface area contributed by atoms with E-state index in [-0.39, 0.29) is 12.8 Å². The van der Waals surface area contributed by atoms with E-state index in [1.807, 2.05) is 0 Å². The van der Waals surface area contributed by atoms with Gasteiger partial charge in [-0.3, -0.25) is 19.2 Å². The molecule has 8 nitrogen and oxygen atoms in total. The van der Waals surface area contributed by atoms with Gasteiger partial charge >= 0.3 is 23.9 Å². The molecule has 112 valence electrons. The Bertz CT molecular complexity index is 373. The summed E-state index contributed by atoms with van der Waals surface area (Å²) < 4.78 is 0. The normalized spacial score (nSPS) is 17.9. The van der Waals surface area contributed by atoms with Crippen molar-refractivity contribution in [1.82, 2.24) is 0 Å². The highest BCUT2D eigenvalue weighted by Crippen LogP contribution is 2.49. The third-order valence-electron chi connectivity index (χ3n) is 3.92. The van der Waals surface area contributed by atoms with Crippen LogP contribution in [0.1, 0.15) is 32.1 Å². The Labute approximate surface area is 114 Å². The summed E-state index contributed by atoms with van der Waals surface area (Å²) >= 11 is 0. The van der Waals surface area contributed by atoms with Crippen molar-refractivity contribution in [3.63, 3.8) is 0 Å². The van der Waals surface area contributed by atoms with Crippen molar-refractivity contribution in [3.05, 3.63) is 0 Å². The fourth-order valence-corrected chi connectivity index (χ4v) is 3.15. The number of rotatable bonds is 6. The maximum absolute atomic E-state index is 11.2. The van der Waals surface area contributed by atoms with Crippen molar-refractivity contribution in [2.75, 3.05) is 0 Å². The summed E-state index contributed by atoms with van der Waals surface area (Å²) in [6.07, 6.45) is 1.43. The lowest BCUT2D eigenvalue weighted by atomic mass is 9.58. The van der Waals surface area contributed by atoms with Crippen LogP contribution in [0.5, 0.6) is 0 Å². The van der Waals surface area contributed by atoms with E-state index in [0.29, 0.717) is 19.3 Å². The molecule has 0 radical (unpaired) electrons. The van der Waals surface area contributed by atoms with Gasteiger partial charge in [0, 0.05) is 5.41 Å². The molecule has 0 heterocycles. The molecule has 0 aromatic carbocycles. The minimum Gasteiger partial charge on any atom is -0.481 e. The molecule has 0 saturated heterocycles. The fraction of sp³-hybridized carbons (Fsp3) is 0.667. The number of hydrogen-bond acceptors (Lipinski definition) is 4. The minimum absolute atomic E-state index is 0.0421. The van der Waals surface area contributed by atoms with Crippen LogP contribution in [-0.2, 0) is 19.2 Å². The van der Waals surface area contributed by atoms with Crippen LogP contribution in [0.4, 0.5) is 0 Å². The van der Waals surface area contributed by atoms with E-state index in [4.69, 9.17) is 20.4 Å². The number of hydrogen-bond donors (Lipinski definition) is 4. The summed E-state index contributed by atoms with van der Waals surface area (Å²) in [4.78, 5) is 44.9. The van der Waals surface area contributed by atoms with E-state index in [9.17, 15) is 19.2 Å². The van der Waals surface area contributed by atoms with Crippen molar-refractivity contribution in [2.45, 2.75) is 32.1 Å². The Kier molecular flexibility index (Phi) is 4.69. The molecule has 0 aromatic heterocycles. The second-order valence-electron chi connectivity index (χ2n) is 5.01. The van der Waals surface area contributed by atoms with Crippen molar-refractivity contribution in [1.29, 1.82) is 0 Å². The Morgan fingerprint density at radius 3 is 1.20 bits per heavy atom. The molecule has 0 unspecified atom stereocenters. The molecule has 1 aliphatic carbocycles. The first-order valence-corrected chi connectivity index (χ1v) is 6.15. The number of carbonyl (C=O) groups is 4. The van der Waals surface area contributed by atoms with Gasteiger partial charge in [0.15, 0.2) is 11.8 Å². The summed E-state index contributed by atoms with van der Waals surface area (Å²) in [5.41, 5.74) is -1.80. The SMILES string of the molecule is O=C(O)C(C(=O)O)C1(C(C(=O)O)C(=O)O)CCCCC1. The van der Waals surface area contributed by atoms with Crippen molar-refractivity contribution >= 4 is 23.9 Å². The fourth-order valence-electron chi connectivity index (χ4n) is 3.15. The van der Waals surface area contributed by atoms with Crippen LogP contribution in [0.25, 0.3) is 0 Å². The van der Waals surface area contributed by atoms with E-state index in [1.54, 1.807) is 0 Å². The lowest BCUT2D eigenvalue weighted by Gasteiger charge is -2.42. The van der Waals surface area contributed by atoms with Gasteiger partial charge in [0.25, 0.3) is 0 Å². The van der Waals surface area contributed by atoms with Crippen molar-refractivity contribution < 1.29 is 39.6 Å². The molecule has 0 spiro atoms. The maximum atomic E-state index is 11.2. The van der Waals surface area contributed by atoms with E-state index < -0.39 is 41.1 Å². The van der Waals surface area contributed by atoms with Crippen LogP contribution in [-0.4, -0.2) is 44.3 Å². The summed E-state index contributed by atoms with van der Waals surface area (Å²) in [7, 11) is 0. The summed E-state index contributed by atoms with van der Waals surface area (Å²) in [6.45, 7) is 0. The van der Waals surface area contributed by atoms with Crippen LogP contribution in [0.3, 0.4) is 0 Å². The van der Waals surface area contributed by atoms with Gasteiger partial charge in [-0.1, -0.05) is 19.3 Å². The van der Waals surface area contributed by atoms with E-state index in [0.717, 1.165) is 0 Å². The molecule has 1 aliphatic rings. The Balaban J connectivity index is 3.40. The van der Waals surface area contributed by atoms with E-state index >= 15 is 0 Å². The molecule has 0 aromatic rings. The highest BCUT2D eigenvalue weighted by atomic mass is 16.4. The molecule has 20 heavy (non-hydrogen) atoms. The molecule has 8 heteroatoms. The molecule has 0 aliphatic heterocycles. The van der Waals surface area contributed by atoms with Gasteiger partial charge in [0.1, 0.15) is 0 Å². The summed E-state index contributed by atoms with van der Waals surface area (Å²) in [5, 5.41) is 36.4. The summed E-state index contributed by atoms with van der Waals surface area (Å²) in [5.74, 6) is -10.9. The van der Waals surface area contributed by atoms with Gasteiger partial charge in [-0.15, -0.1) is 0 Å². The second-order valence-corrected chi connectivity index (χ2v) is 5.01. The lowest BCUT2D eigenvalue weighted by molar-refractivity contribution is -0.175. The largest absolute Gasteiger partial charge is 0.481 e. The smallest absolute Gasteiger partial charge is 0.318 e. The second kappa shape index (κ2) is 5.89. The number of aliphatic carboxylic acids is 4. The first kappa shape index (κ1) is 15.9. The number of carboxylic acid groups (broad SMARTS) is 4. The third-order valence-corrected chi connectivity index (χ3v) is 3.92. The molecule has 1 saturated carbocycles. The molecule has 0 atom stereocenters. The minimum atomic E-state index is -2.04. The first-order valence-electron chi connectivity index (χ1n) is 6.15. The van der Waals surface area contributed by atoms with Crippen LogP contribution in [0, 0.1) is 17.3 Å². The van der Waals surface area contributed by atoms with Gasteiger partial charge in [0.2, 0.25) is 0 Å². The molecule has 0 amide bonds. The van der Waals surface area contributed by atoms with Crippen molar-refractivity contribution in [2.24, 2.45) is 17.3 Å². The topological polar surface area (TPSA) is 149 Å². The third kappa shape index (κ3) is 2.73. The Hall–Kier alpha value is -2.12. The van der Waals surface area contributed by atoms with Gasteiger partial charge < -0.3 is 20.4 Å². The zero-order chi connectivity index (χ0) is 15.5. The van der Waals surface area contributed by atoms with Crippen molar-refractivity contribution in [3.8, 4) is 0 Å². The van der Waals surface area contributed by atoms with Gasteiger partial charge in [-0.25, -0.2) is 0 Å². The molecule has 1 fully saturated rings. The highest BCUT2D eigenvalue weighted by Gasteiger charge is 2.58. The zero-order valence-electron chi connectivity index (χ0n) is 10.6. The molecule has 4 N–H and O–H groups in total. The monoisotopic (exact) mass is 288 g/mol. The predicted molar refractivity (Wildman–Crippen MR) is 63.0 cm³/mol. The standard InChI is InChI=1S/C12H16O8/c13-8(14)6(9(15)16)12(4-2-1-3-5-12)7(10(17)18)11(19)20/h6-7H,1-5H2,(H,13,14)(H,15,16)(H,17,18)(H,19,20). The lowest BCUT2D eigenvalue weighted by Crippen LogP contribution is -2.52. The molecular formula is C12H16O8. The van der Waals surface area contributed by atoms with Gasteiger partial charge in [-0.05, 0) is 12.8 Å². The number of carboxylic acids is 4. The predicted octanol–water partition coefficient (Wildman–Crippen LogP) is 0.508. The quantitative estimate of drug-likeness (QED) is 0.516. The van der Waals surface area contributed by atoms with E-state index in [2.05, 4.69) is 0 Å². The van der Waals surface area contributed by atoms with Crippen LogP contribution in [0.2, 0.25) is 0 Å². The van der Waals surface area contributed by atoms with Gasteiger partial charge in [0.05, 0.1) is 0 Å². The average molecular weight is 288 g/mol. The average Bonchev–Trinajstić information content (AvgIpc) is 2.27.